The van der Waals surface area contributed by atoms with Crippen LogP contribution >= 0.6 is 15.9 Å². The fourth-order valence-electron chi connectivity index (χ4n) is 1.08. The minimum absolute atomic E-state index is 0.346. The molecule has 1 rings (SSSR count). The highest BCUT2D eigenvalue weighted by Crippen LogP contribution is 2.20. The van der Waals surface area contributed by atoms with Gasteiger partial charge in [-0.25, -0.2) is 4.79 Å². The maximum Gasteiger partial charge on any atom is 0.332 e. The summed E-state index contributed by atoms with van der Waals surface area (Å²) in [6, 6.07) is 7.42. The Morgan fingerprint density at radius 1 is 1.53 bits per heavy atom. The summed E-state index contributed by atoms with van der Waals surface area (Å²) in [4.78, 5) is 11.1. The Morgan fingerprint density at radius 3 is 2.80 bits per heavy atom. The molecule has 0 radical (unpaired) electrons. The third kappa shape index (κ3) is 3.40. The molecular weight excluding hydrogens is 258 g/mol. The quantitative estimate of drug-likeness (QED) is 0.677. The van der Waals surface area contributed by atoms with Gasteiger partial charge in [0, 0.05) is 21.8 Å². The summed E-state index contributed by atoms with van der Waals surface area (Å²) >= 11 is 3.35. The van der Waals surface area contributed by atoms with Crippen molar-refractivity contribution in [1.29, 1.82) is 0 Å². The molecule has 3 nitrogen and oxygen atoms in total. The van der Waals surface area contributed by atoms with E-state index in [1.807, 2.05) is 24.3 Å². The van der Waals surface area contributed by atoms with Gasteiger partial charge in [0.2, 0.25) is 0 Å². The Labute approximate surface area is 97.0 Å². The van der Waals surface area contributed by atoms with Crippen LogP contribution in [0, 0.1) is 0 Å². The van der Waals surface area contributed by atoms with Gasteiger partial charge in [-0.15, -0.1) is 0 Å². The van der Waals surface area contributed by atoms with Crippen molar-refractivity contribution in [2.45, 2.75) is 6.92 Å². The van der Waals surface area contributed by atoms with Gasteiger partial charge in [-0.2, -0.15) is 0 Å². The zero-order valence-electron chi connectivity index (χ0n) is 8.37. The Bertz CT molecular complexity index is 388. The molecule has 1 aromatic rings. The molecule has 0 aliphatic carbocycles. The van der Waals surface area contributed by atoms with Crippen molar-refractivity contribution in [2.75, 3.05) is 6.61 Å². The number of hydrogen-bond acceptors (Lipinski definition) is 3. The summed E-state index contributed by atoms with van der Waals surface area (Å²) in [5, 5.41) is 0. The van der Waals surface area contributed by atoms with E-state index in [1.165, 1.54) is 6.08 Å². The normalized spacial score (nSPS) is 11.2. The van der Waals surface area contributed by atoms with E-state index in [-0.39, 0.29) is 0 Å². The van der Waals surface area contributed by atoms with Crippen molar-refractivity contribution in [3.63, 3.8) is 0 Å². The van der Waals surface area contributed by atoms with Crippen molar-refractivity contribution in [3.05, 3.63) is 40.4 Å². The SMILES string of the molecule is CCOC(=O)C=C(N)c1ccccc1Br. The van der Waals surface area contributed by atoms with E-state index in [1.54, 1.807) is 6.92 Å². The number of halogens is 1. The van der Waals surface area contributed by atoms with Crippen LogP contribution in [0.5, 0.6) is 0 Å². The number of rotatable bonds is 3. The Kier molecular flexibility index (Phi) is 4.37. The lowest BCUT2D eigenvalue weighted by Crippen LogP contribution is -2.05. The molecule has 0 heterocycles. The van der Waals surface area contributed by atoms with E-state index in [2.05, 4.69) is 15.9 Å². The van der Waals surface area contributed by atoms with E-state index in [9.17, 15) is 4.79 Å². The van der Waals surface area contributed by atoms with Gasteiger partial charge in [-0.1, -0.05) is 34.1 Å². The summed E-state index contributed by atoms with van der Waals surface area (Å²) in [6.07, 6.45) is 1.28. The summed E-state index contributed by atoms with van der Waals surface area (Å²) in [7, 11) is 0. The van der Waals surface area contributed by atoms with Gasteiger partial charge in [0.25, 0.3) is 0 Å². The first-order chi connectivity index (χ1) is 7.15. The predicted octanol–water partition coefficient (Wildman–Crippen LogP) is 2.31. The molecule has 4 heteroatoms. The average molecular weight is 270 g/mol. The van der Waals surface area contributed by atoms with Crippen LogP contribution in [0.4, 0.5) is 0 Å². The van der Waals surface area contributed by atoms with E-state index in [0.717, 1.165) is 10.0 Å². The number of benzene rings is 1. The number of carbonyl (C=O) groups is 1. The summed E-state index contributed by atoms with van der Waals surface area (Å²) in [5.41, 5.74) is 6.93. The minimum Gasteiger partial charge on any atom is -0.463 e. The van der Waals surface area contributed by atoms with Crippen LogP contribution in [-0.4, -0.2) is 12.6 Å². The van der Waals surface area contributed by atoms with E-state index in [4.69, 9.17) is 10.5 Å². The number of hydrogen-bond donors (Lipinski definition) is 1. The number of ether oxygens (including phenoxy) is 1. The molecule has 15 heavy (non-hydrogen) atoms. The van der Waals surface area contributed by atoms with Crippen LogP contribution < -0.4 is 5.73 Å². The summed E-state index contributed by atoms with van der Waals surface area (Å²) < 4.78 is 5.61. The van der Waals surface area contributed by atoms with Crippen LogP contribution in [0.2, 0.25) is 0 Å². The molecule has 2 N–H and O–H groups in total. The topological polar surface area (TPSA) is 52.3 Å². The zero-order valence-corrected chi connectivity index (χ0v) is 9.95. The Hall–Kier alpha value is -1.29. The molecule has 0 unspecified atom stereocenters. The highest BCUT2D eigenvalue weighted by Gasteiger charge is 2.04. The van der Waals surface area contributed by atoms with Gasteiger partial charge in [0.1, 0.15) is 0 Å². The second-order valence-corrected chi connectivity index (χ2v) is 3.69. The second-order valence-electron chi connectivity index (χ2n) is 2.83. The first kappa shape index (κ1) is 11.8. The van der Waals surface area contributed by atoms with Crippen molar-refractivity contribution in [1.82, 2.24) is 0 Å². The molecule has 0 saturated heterocycles. The van der Waals surface area contributed by atoms with E-state index in [0.29, 0.717) is 12.3 Å². The molecule has 0 spiro atoms. The molecular formula is C11H12BrNO2. The molecule has 0 aliphatic rings. The third-order valence-corrected chi connectivity index (χ3v) is 2.44. The molecule has 0 aromatic heterocycles. The van der Waals surface area contributed by atoms with Gasteiger partial charge < -0.3 is 10.5 Å². The molecule has 0 fully saturated rings. The second kappa shape index (κ2) is 5.56. The van der Waals surface area contributed by atoms with Crippen LogP contribution in [0.1, 0.15) is 12.5 Å². The molecule has 0 saturated carbocycles. The van der Waals surface area contributed by atoms with E-state index < -0.39 is 5.97 Å². The first-order valence-corrected chi connectivity index (χ1v) is 5.33. The van der Waals surface area contributed by atoms with Crippen molar-refractivity contribution in [3.8, 4) is 0 Å². The van der Waals surface area contributed by atoms with Crippen LogP contribution in [0.15, 0.2) is 34.8 Å². The third-order valence-electron chi connectivity index (χ3n) is 1.74. The zero-order chi connectivity index (χ0) is 11.3. The van der Waals surface area contributed by atoms with Gasteiger partial charge in [0.05, 0.1) is 6.61 Å². The van der Waals surface area contributed by atoms with Crippen LogP contribution in [0.25, 0.3) is 5.70 Å². The predicted molar refractivity (Wildman–Crippen MR) is 62.9 cm³/mol. The number of nitrogens with two attached hydrogens (primary N) is 1. The van der Waals surface area contributed by atoms with Crippen molar-refractivity contribution >= 4 is 27.6 Å². The minimum atomic E-state index is -0.425. The van der Waals surface area contributed by atoms with E-state index >= 15 is 0 Å². The lowest BCUT2D eigenvalue weighted by molar-refractivity contribution is -0.137. The monoisotopic (exact) mass is 269 g/mol. The van der Waals surface area contributed by atoms with Gasteiger partial charge in [0.15, 0.2) is 0 Å². The number of carbonyl (C=O) groups excluding carboxylic acids is 1. The Morgan fingerprint density at radius 2 is 2.20 bits per heavy atom. The van der Waals surface area contributed by atoms with Crippen LogP contribution in [-0.2, 0) is 9.53 Å². The molecule has 0 bridgehead atoms. The maximum absolute atomic E-state index is 11.1. The Balaban J connectivity index is 2.89. The highest BCUT2D eigenvalue weighted by atomic mass is 79.9. The van der Waals surface area contributed by atoms with Crippen molar-refractivity contribution < 1.29 is 9.53 Å². The standard InChI is InChI=1S/C11H12BrNO2/c1-2-15-11(14)7-10(13)8-5-3-4-6-9(8)12/h3-7H,2,13H2,1H3. The van der Waals surface area contributed by atoms with Gasteiger partial charge in [-0.3, -0.25) is 0 Å². The van der Waals surface area contributed by atoms with Gasteiger partial charge in [-0.05, 0) is 13.0 Å². The smallest absolute Gasteiger partial charge is 0.332 e. The molecule has 0 amide bonds. The summed E-state index contributed by atoms with van der Waals surface area (Å²) in [5.74, 6) is -0.425. The summed E-state index contributed by atoms with van der Waals surface area (Å²) in [6.45, 7) is 2.10. The fraction of sp³-hybridized carbons (Fsp3) is 0.182. The number of esters is 1. The molecule has 80 valence electrons. The first-order valence-electron chi connectivity index (χ1n) is 4.54. The molecule has 0 atom stereocenters. The fourth-order valence-corrected chi connectivity index (χ4v) is 1.60. The van der Waals surface area contributed by atoms with Crippen LogP contribution in [0.3, 0.4) is 0 Å². The van der Waals surface area contributed by atoms with Gasteiger partial charge >= 0.3 is 5.97 Å². The largest absolute Gasteiger partial charge is 0.463 e. The molecule has 1 aromatic carbocycles. The average Bonchev–Trinajstić information content (AvgIpc) is 2.18. The maximum atomic E-state index is 11.1. The lowest BCUT2D eigenvalue weighted by Gasteiger charge is -2.04. The highest BCUT2D eigenvalue weighted by molar-refractivity contribution is 9.10. The lowest BCUT2D eigenvalue weighted by atomic mass is 10.1. The molecule has 0 aliphatic heterocycles. The van der Waals surface area contributed by atoms with Crippen molar-refractivity contribution in [2.24, 2.45) is 5.73 Å².